The number of hydrogen-bond acceptors (Lipinski definition) is 3. The first-order valence-electron chi connectivity index (χ1n) is 6.68. The molecular weight excluding hydrogens is 318 g/mol. The maximum absolute atomic E-state index is 10.0. The van der Waals surface area contributed by atoms with Crippen molar-refractivity contribution >= 4 is 15.9 Å². The predicted molar refractivity (Wildman–Crippen MR) is 83.4 cm³/mol. The van der Waals surface area contributed by atoms with Crippen LogP contribution < -0.4 is 5.32 Å². The fourth-order valence-corrected chi connectivity index (χ4v) is 2.75. The van der Waals surface area contributed by atoms with Crippen LogP contribution in [0.3, 0.4) is 0 Å². The summed E-state index contributed by atoms with van der Waals surface area (Å²) in [6, 6.07) is 10.3. The molecule has 0 aliphatic carbocycles. The van der Waals surface area contributed by atoms with E-state index in [-0.39, 0.29) is 12.6 Å². The van der Waals surface area contributed by atoms with E-state index in [0.29, 0.717) is 6.54 Å². The molecule has 2 aromatic rings. The zero-order valence-electron chi connectivity index (χ0n) is 11.8. The minimum atomic E-state index is -0.541. The molecule has 0 saturated carbocycles. The first kappa shape index (κ1) is 15.2. The van der Waals surface area contributed by atoms with Crippen molar-refractivity contribution in [1.29, 1.82) is 0 Å². The van der Waals surface area contributed by atoms with Crippen molar-refractivity contribution in [2.75, 3.05) is 6.61 Å². The summed E-state index contributed by atoms with van der Waals surface area (Å²) >= 11 is 3.40. The van der Waals surface area contributed by atoms with E-state index in [1.165, 1.54) is 0 Å². The average Bonchev–Trinajstić information content (AvgIpc) is 2.83. The Kier molecular flexibility index (Phi) is 4.96. The number of rotatable bonds is 6. The third-order valence-corrected chi connectivity index (χ3v) is 3.60. The van der Waals surface area contributed by atoms with Gasteiger partial charge in [0.1, 0.15) is 0 Å². The first-order chi connectivity index (χ1) is 9.55. The standard InChI is InChI=1S/C15H20BrN3O/c1-12(2)18-15(11-20,13-6-4-3-5-7-13)10-19-9-14(16)8-17-19/h3-9,12,18,20H,10-11H2,1-2H3. The van der Waals surface area contributed by atoms with Crippen LogP contribution in [-0.2, 0) is 12.1 Å². The smallest absolute Gasteiger partial charge is 0.0869 e. The minimum Gasteiger partial charge on any atom is -0.394 e. The molecule has 0 radical (unpaired) electrons. The van der Waals surface area contributed by atoms with Crippen molar-refractivity contribution in [3.8, 4) is 0 Å². The third kappa shape index (κ3) is 3.48. The number of aromatic nitrogens is 2. The molecule has 0 saturated heterocycles. The van der Waals surface area contributed by atoms with Crippen molar-refractivity contribution < 1.29 is 5.11 Å². The van der Waals surface area contributed by atoms with E-state index in [4.69, 9.17) is 0 Å². The van der Waals surface area contributed by atoms with E-state index in [2.05, 4.69) is 40.2 Å². The van der Waals surface area contributed by atoms with Crippen molar-refractivity contribution in [2.45, 2.75) is 32.0 Å². The van der Waals surface area contributed by atoms with Crippen molar-refractivity contribution in [3.63, 3.8) is 0 Å². The summed E-state index contributed by atoms with van der Waals surface area (Å²) in [5, 5.41) is 17.8. The largest absolute Gasteiger partial charge is 0.394 e. The van der Waals surface area contributed by atoms with Crippen LogP contribution in [0.2, 0.25) is 0 Å². The van der Waals surface area contributed by atoms with Gasteiger partial charge in [0.15, 0.2) is 0 Å². The van der Waals surface area contributed by atoms with Crippen LogP contribution in [0.5, 0.6) is 0 Å². The highest BCUT2D eigenvalue weighted by Crippen LogP contribution is 2.24. The normalized spacial score (nSPS) is 14.4. The lowest BCUT2D eigenvalue weighted by Crippen LogP contribution is -2.51. The van der Waals surface area contributed by atoms with E-state index in [0.717, 1.165) is 10.0 Å². The molecule has 0 spiro atoms. The average molecular weight is 338 g/mol. The number of nitrogens with one attached hydrogen (secondary N) is 1. The van der Waals surface area contributed by atoms with Crippen LogP contribution in [0.25, 0.3) is 0 Å². The second-order valence-corrected chi connectivity index (χ2v) is 6.18. The molecule has 108 valence electrons. The minimum absolute atomic E-state index is 0.00662. The molecule has 1 aromatic carbocycles. The third-order valence-electron chi connectivity index (χ3n) is 3.19. The highest BCUT2D eigenvalue weighted by Gasteiger charge is 2.32. The van der Waals surface area contributed by atoms with Gasteiger partial charge >= 0.3 is 0 Å². The SMILES string of the molecule is CC(C)NC(CO)(Cn1cc(Br)cn1)c1ccccc1. The van der Waals surface area contributed by atoms with Gasteiger partial charge in [0, 0.05) is 12.2 Å². The number of aliphatic hydroxyl groups is 1. The van der Waals surface area contributed by atoms with Gasteiger partial charge in [-0.05, 0) is 35.3 Å². The molecule has 20 heavy (non-hydrogen) atoms. The Labute approximate surface area is 127 Å². The lowest BCUT2D eigenvalue weighted by molar-refractivity contribution is 0.129. The van der Waals surface area contributed by atoms with Gasteiger partial charge in [0.2, 0.25) is 0 Å². The van der Waals surface area contributed by atoms with E-state index >= 15 is 0 Å². The van der Waals surface area contributed by atoms with Crippen molar-refractivity contribution in [1.82, 2.24) is 15.1 Å². The van der Waals surface area contributed by atoms with Gasteiger partial charge < -0.3 is 10.4 Å². The van der Waals surface area contributed by atoms with E-state index in [1.54, 1.807) is 6.20 Å². The van der Waals surface area contributed by atoms with Crippen molar-refractivity contribution in [2.24, 2.45) is 0 Å². The van der Waals surface area contributed by atoms with Crippen LogP contribution in [0.15, 0.2) is 47.2 Å². The van der Waals surface area contributed by atoms with E-state index < -0.39 is 5.54 Å². The Morgan fingerprint density at radius 1 is 1.35 bits per heavy atom. The molecule has 2 N–H and O–H groups in total. The molecular formula is C15H20BrN3O. The zero-order valence-corrected chi connectivity index (χ0v) is 13.3. The van der Waals surface area contributed by atoms with Gasteiger partial charge in [-0.25, -0.2) is 0 Å². The number of nitrogens with zero attached hydrogens (tertiary/aromatic N) is 2. The van der Waals surface area contributed by atoms with Crippen LogP contribution in [0, 0.1) is 0 Å². The summed E-state index contributed by atoms with van der Waals surface area (Å²) in [7, 11) is 0. The van der Waals surface area contributed by atoms with E-state index in [9.17, 15) is 5.11 Å². The summed E-state index contributed by atoms with van der Waals surface area (Å²) in [4.78, 5) is 0. The summed E-state index contributed by atoms with van der Waals surface area (Å²) in [5.74, 6) is 0. The molecule has 1 aromatic heterocycles. The highest BCUT2D eigenvalue weighted by molar-refractivity contribution is 9.10. The van der Waals surface area contributed by atoms with Crippen LogP contribution in [0.4, 0.5) is 0 Å². The van der Waals surface area contributed by atoms with E-state index in [1.807, 2.05) is 41.2 Å². The number of aliphatic hydroxyl groups excluding tert-OH is 1. The lowest BCUT2D eigenvalue weighted by Gasteiger charge is -2.35. The number of hydrogen-bond donors (Lipinski definition) is 2. The summed E-state index contributed by atoms with van der Waals surface area (Å²) in [6.45, 7) is 4.72. The van der Waals surface area contributed by atoms with Gasteiger partial charge in [-0.15, -0.1) is 0 Å². The van der Waals surface area contributed by atoms with Crippen LogP contribution in [-0.4, -0.2) is 27.5 Å². The quantitative estimate of drug-likeness (QED) is 0.851. The Balaban J connectivity index is 2.37. The molecule has 0 amide bonds. The lowest BCUT2D eigenvalue weighted by atomic mass is 9.89. The Bertz CT molecular complexity index is 541. The number of halogens is 1. The fraction of sp³-hybridized carbons (Fsp3) is 0.400. The summed E-state index contributed by atoms with van der Waals surface area (Å²) < 4.78 is 2.77. The zero-order chi connectivity index (χ0) is 14.6. The summed E-state index contributed by atoms with van der Waals surface area (Å²) in [6.07, 6.45) is 3.66. The highest BCUT2D eigenvalue weighted by atomic mass is 79.9. The predicted octanol–water partition coefficient (Wildman–Crippen LogP) is 2.53. The van der Waals surface area contributed by atoms with Crippen LogP contribution in [0.1, 0.15) is 19.4 Å². The molecule has 4 nitrogen and oxygen atoms in total. The molecule has 0 fully saturated rings. The van der Waals surface area contributed by atoms with Gasteiger partial charge in [-0.1, -0.05) is 30.3 Å². The second-order valence-electron chi connectivity index (χ2n) is 5.26. The monoisotopic (exact) mass is 337 g/mol. The van der Waals surface area contributed by atoms with Gasteiger partial charge in [0.05, 0.1) is 29.4 Å². The Hall–Kier alpha value is -1.17. The maximum Gasteiger partial charge on any atom is 0.0869 e. The van der Waals surface area contributed by atoms with Gasteiger partial charge in [-0.2, -0.15) is 5.10 Å². The second kappa shape index (κ2) is 6.52. The first-order valence-corrected chi connectivity index (χ1v) is 7.47. The molecule has 5 heteroatoms. The maximum atomic E-state index is 10.0. The molecule has 0 bridgehead atoms. The topological polar surface area (TPSA) is 50.1 Å². The Morgan fingerprint density at radius 3 is 2.55 bits per heavy atom. The fourth-order valence-electron chi connectivity index (χ4n) is 2.42. The molecule has 1 heterocycles. The number of benzene rings is 1. The van der Waals surface area contributed by atoms with Crippen molar-refractivity contribution in [3.05, 3.63) is 52.8 Å². The van der Waals surface area contributed by atoms with Gasteiger partial charge in [0.25, 0.3) is 0 Å². The Morgan fingerprint density at radius 2 is 2.05 bits per heavy atom. The summed E-state index contributed by atoms with van der Waals surface area (Å²) in [5.41, 5.74) is 0.517. The van der Waals surface area contributed by atoms with Gasteiger partial charge in [-0.3, -0.25) is 4.68 Å². The molecule has 0 aliphatic rings. The molecule has 0 aliphatic heterocycles. The molecule has 1 atom stereocenters. The van der Waals surface area contributed by atoms with Crippen LogP contribution >= 0.6 is 15.9 Å². The molecule has 2 rings (SSSR count). The molecule has 1 unspecified atom stereocenters.